The third kappa shape index (κ3) is 3.50. The molecule has 0 fully saturated rings. The second-order valence-corrected chi connectivity index (χ2v) is 6.67. The van der Waals surface area contributed by atoms with Gasteiger partial charge in [-0.05, 0) is 17.7 Å². The summed E-state index contributed by atoms with van der Waals surface area (Å²) >= 11 is 0. The van der Waals surface area contributed by atoms with Gasteiger partial charge in [0.1, 0.15) is 5.75 Å². The average molecular weight is 403 g/mol. The van der Waals surface area contributed by atoms with E-state index in [4.69, 9.17) is 23.4 Å². The summed E-state index contributed by atoms with van der Waals surface area (Å²) in [5, 5.41) is 0.998. The zero-order chi connectivity index (χ0) is 21.1. The number of hydrogen-bond acceptors (Lipinski definition) is 4. The summed E-state index contributed by atoms with van der Waals surface area (Å²) in [6, 6.07) is 21.8. The molecule has 5 heteroatoms. The lowest BCUT2D eigenvalue weighted by Crippen LogP contribution is -1.96. The van der Waals surface area contributed by atoms with Gasteiger partial charge >= 0.3 is 11.3 Å². The van der Waals surface area contributed by atoms with E-state index >= 15 is 0 Å². The normalized spacial score (nSPS) is 10.7. The fraction of sp³-hybridized carbons (Fsp3) is 0.160. The first-order valence-corrected chi connectivity index (χ1v) is 9.49. The lowest BCUT2D eigenvalue weighted by Gasteiger charge is -2.12. The Bertz CT molecular complexity index is 1160. The van der Waals surface area contributed by atoms with Gasteiger partial charge in [-0.25, -0.2) is 4.42 Å². The van der Waals surface area contributed by atoms with Crippen LogP contribution in [0.15, 0.2) is 71.1 Å². The van der Waals surface area contributed by atoms with Gasteiger partial charge in [0.05, 0.1) is 51.5 Å². The van der Waals surface area contributed by atoms with Gasteiger partial charge in [-0.2, -0.15) is 0 Å². The Hall–Kier alpha value is -3.73. The van der Waals surface area contributed by atoms with Crippen LogP contribution in [-0.4, -0.2) is 28.4 Å². The fourth-order valence-corrected chi connectivity index (χ4v) is 3.52. The Balaban J connectivity index is 2.00. The smallest absolute Gasteiger partial charge is 0.365 e. The maximum Gasteiger partial charge on any atom is 0.365 e. The molecule has 30 heavy (non-hydrogen) atoms. The lowest BCUT2D eigenvalue weighted by molar-refractivity contribution is 0.324. The number of hydrogen-bond donors (Lipinski definition) is 0. The molecule has 0 atom stereocenters. The minimum Gasteiger partial charge on any atom is -0.496 e. The lowest BCUT2D eigenvalue weighted by atomic mass is 9.99. The standard InChI is InChI=1S/C25H23O5/c1-26-18-10-11-19-20(16-8-6-5-7-9-16)15-21(30-22(19)14-18)17-12-23(27-2)25(29-4)24(13-17)28-3/h5-15H,1-4H3/q+1. The number of fused-ring (bicyclic) bond motifs is 1. The Labute approximate surface area is 175 Å². The van der Waals surface area contributed by atoms with Crippen molar-refractivity contribution in [2.75, 3.05) is 28.4 Å². The number of rotatable bonds is 6. The van der Waals surface area contributed by atoms with Gasteiger partial charge in [-0.3, -0.25) is 0 Å². The molecule has 0 aliphatic heterocycles. The molecule has 0 saturated heterocycles. The molecule has 0 amide bonds. The topological polar surface area (TPSA) is 48.2 Å². The molecule has 0 aliphatic carbocycles. The fourth-order valence-electron chi connectivity index (χ4n) is 3.52. The highest BCUT2D eigenvalue weighted by Gasteiger charge is 2.24. The summed E-state index contributed by atoms with van der Waals surface area (Å²) in [5.74, 6) is 3.07. The molecule has 4 rings (SSSR count). The summed E-state index contributed by atoms with van der Waals surface area (Å²) < 4.78 is 28.2. The summed E-state index contributed by atoms with van der Waals surface area (Å²) in [6.07, 6.45) is 0. The molecule has 5 nitrogen and oxygen atoms in total. The SMILES string of the molecule is COc1ccc2c(-c3ccccc3)cc(-c3cc(OC)c(OC)c(OC)c3)[o+]c2c1. The minimum absolute atomic E-state index is 0.537. The highest BCUT2D eigenvalue weighted by molar-refractivity contribution is 5.96. The first kappa shape index (κ1) is 19.6. The summed E-state index contributed by atoms with van der Waals surface area (Å²) in [5.41, 5.74) is 3.69. The van der Waals surface area contributed by atoms with E-state index in [1.165, 1.54) is 0 Å². The van der Waals surface area contributed by atoms with E-state index in [0.717, 1.165) is 33.4 Å². The van der Waals surface area contributed by atoms with Crippen LogP contribution in [0.3, 0.4) is 0 Å². The van der Waals surface area contributed by atoms with Crippen molar-refractivity contribution in [3.8, 4) is 45.4 Å². The van der Waals surface area contributed by atoms with Gasteiger partial charge < -0.3 is 18.9 Å². The van der Waals surface area contributed by atoms with Crippen LogP contribution in [0, 0.1) is 0 Å². The molecule has 0 unspecified atom stereocenters. The van der Waals surface area contributed by atoms with Crippen LogP contribution in [0.5, 0.6) is 23.0 Å². The zero-order valence-corrected chi connectivity index (χ0v) is 17.4. The van der Waals surface area contributed by atoms with Gasteiger partial charge in [-0.15, -0.1) is 0 Å². The van der Waals surface area contributed by atoms with Crippen molar-refractivity contribution in [3.05, 3.63) is 66.7 Å². The predicted molar refractivity (Wildman–Crippen MR) is 118 cm³/mol. The van der Waals surface area contributed by atoms with E-state index in [2.05, 4.69) is 12.1 Å². The van der Waals surface area contributed by atoms with Crippen molar-refractivity contribution in [3.63, 3.8) is 0 Å². The van der Waals surface area contributed by atoms with Crippen LogP contribution in [0.25, 0.3) is 33.4 Å². The molecule has 4 aromatic rings. The molecule has 3 aromatic carbocycles. The van der Waals surface area contributed by atoms with Crippen molar-refractivity contribution in [1.29, 1.82) is 0 Å². The second kappa shape index (κ2) is 8.33. The molecule has 1 heterocycles. The summed E-state index contributed by atoms with van der Waals surface area (Å²) in [7, 11) is 6.42. The molecule has 0 aliphatic rings. The zero-order valence-electron chi connectivity index (χ0n) is 17.4. The van der Waals surface area contributed by atoms with Gasteiger partial charge in [0.25, 0.3) is 0 Å². The molecule has 1 aromatic heterocycles. The van der Waals surface area contributed by atoms with E-state index in [-0.39, 0.29) is 0 Å². The number of ether oxygens (including phenoxy) is 4. The second-order valence-electron chi connectivity index (χ2n) is 6.67. The average Bonchev–Trinajstić information content (AvgIpc) is 2.82. The van der Waals surface area contributed by atoms with Crippen LogP contribution in [0.2, 0.25) is 0 Å². The first-order valence-electron chi connectivity index (χ1n) is 9.49. The van der Waals surface area contributed by atoms with Crippen molar-refractivity contribution >= 4 is 11.0 Å². The maximum atomic E-state index is 6.29. The van der Waals surface area contributed by atoms with Crippen molar-refractivity contribution in [1.82, 2.24) is 0 Å². The Kier molecular flexibility index (Phi) is 5.44. The highest BCUT2D eigenvalue weighted by atomic mass is 16.5. The van der Waals surface area contributed by atoms with Crippen LogP contribution in [0.4, 0.5) is 0 Å². The highest BCUT2D eigenvalue weighted by Crippen LogP contribution is 2.43. The van der Waals surface area contributed by atoms with Gasteiger partial charge in [0, 0.05) is 17.7 Å². The first-order chi connectivity index (χ1) is 14.7. The quantitative estimate of drug-likeness (QED) is 0.365. The van der Waals surface area contributed by atoms with E-state index in [1.54, 1.807) is 28.4 Å². The van der Waals surface area contributed by atoms with Gasteiger partial charge in [-0.1, -0.05) is 30.3 Å². The number of methoxy groups -OCH3 is 4. The molecular weight excluding hydrogens is 380 g/mol. The molecule has 0 radical (unpaired) electrons. The predicted octanol–water partition coefficient (Wildman–Crippen LogP) is 6.08. The molecule has 152 valence electrons. The summed E-state index contributed by atoms with van der Waals surface area (Å²) in [4.78, 5) is 0. The Morgan fingerprint density at radius 2 is 1.33 bits per heavy atom. The molecule has 0 spiro atoms. The largest absolute Gasteiger partial charge is 0.496 e. The summed E-state index contributed by atoms with van der Waals surface area (Å²) in [6.45, 7) is 0. The Morgan fingerprint density at radius 3 is 1.93 bits per heavy atom. The van der Waals surface area contributed by atoms with Crippen molar-refractivity contribution in [2.45, 2.75) is 0 Å². The van der Waals surface area contributed by atoms with Gasteiger partial charge in [0.2, 0.25) is 5.75 Å². The number of benzene rings is 3. The molecule has 0 bridgehead atoms. The third-order valence-electron chi connectivity index (χ3n) is 5.01. The minimum atomic E-state index is 0.537. The van der Waals surface area contributed by atoms with Gasteiger partial charge in [0.15, 0.2) is 11.5 Å². The molecule has 0 saturated carbocycles. The van der Waals surface area contributed by atoms with E-state index in [1.807, 2.05) is 54.6 Å². The van der Waals surface area contributed by atoms with E-state index < -0.39 is 0 Å². The van der Waals surface area contributed by atoms with Crippen LogP contribution >= 0.6 is 0 Å². The maximum absolute atomic E-state index is 6.29. The van der Waals surface area contributed by atoms with Crippen molar-refractivity contribution in [2.24, 2.45) is 0 Å². The van der Waals surface area contributed by atoms with Crippen molar-refractivity contribution < 1.29 is 23.4 Å². The van der Waals surface area contributed by atoms with Crippen LogP contribution in [-0.2, 0) is 0 Å². The van der Waals surface area contributed by atoms with Crippen LogP contribution < -0.4 is 18.9 Å². The van der Waals surface area contributed by atoms with Crippen LogP contribution in [0.1, 0.15) is 0 Å². The molecule has 0 N–H and O–H groups in total. The van der Waals surface area contributed by atoms with E-state index in [9.17, 15) is 0 Å². The monoisotopic (exact) mass is 403 g/mol. The van der Waals surface area contributed by atoms with E-state index in [0.29, 0.717) is 23.0 Å². The Morgan fingerprint density at radius 1 is 0.633 bits per heavy atom. The third-order valence-corrected chi connectivity index (χ3v) is 5.01. The molecular formula is C25H23O5+.